The Morgan fingerprint density at radius 1 is 1.29 bits per heavy atom. The predicted octanol–water partition coefficient (Wildman–Crippen LogP) is 2.33. The molecule has 1 atom stereocenters. The molecule has 1 unspecified atom stereocenters. The fraction of sp³-hybridized carbons (Fsp3) is 0.167. The molecule has 1 aliphatic rings. The van der Waals surface area contributed by atoms with Crippen LogP contribution in [-0.2, 0) is 11.2 Å². The molecule has 1 aromatic heterocycles. The molecule has 0 bridgehead atoms. The molecule has 0 aliphatic carbocycles. The van der Waals surface area contributed by atoms with Gasteiger partial charge in [0.05, 0.1) is 11.5 Å². The highest BCUT2D eigenvalue weighted by Gasteiger charge is 2.32. The lowest BCUT2D eigenvalue weighted by Gasteiger charge is -2.05. The summed E-state index contributed by atoms with van der Waals surface area (Å²) in [7, 11) is 0. The van der Waals surface area contributed by atoms with Gasteiger partial charge in [-0.1, -0.05) is 30.0 Å². The Morgan fingerprint density at radius 3 is 2.94 bits per heavy atom. The number of para-hydroxylation sites is 1. The minimum atomic E-state index is -0.349. The molecule has 0 radical (unpaired) electrons. The second kappa shape index (κ2) is 3.92. The van der Waals surface area contributed by atoms with Gasteiger partial charge in [0.2, 0.25) is 5.91 Å². The number of thioether (sulfide) groups is 1. The maximum Gasteiger partial charge on any atom is 0.286 e. The number of benzene rings is 1. The second-order valence-electron chi connectivity index (χ2n) is 3.84. The number of furan rings is 1. The lowest BCUT2D eigenvalue weighted by molar-refractivity contribution is -0.118. The van der Waals surface area contributed by atoms with Crippen LogP contribution in [0.15, 0.2) is 34.9 Å². The van der Waals surface area contributed by atoms with Crippen molar-refractivity contribution < 1.29 is 14.0 Å². The van der Waals surface area contributed by atoms with E-state index < -0.39 is 0 Å². The molecule has 2 amide bonds. The van der Waals surface area contributed by atoms with Crippen LogP contribution >= 0.6 is 11.8 Å². The van der Waals surface area contributed by atoms with Gasteiger partial charge >= 0.3 is 0 Å². The lowest BCUT2D eigenvalue weighted by Crippen LogP contribution is -2.25. The summed E-state index contributed by atoms with van der Waals surface area (Å²) in [6.07, 6.45) is 2.13. The van der Waals surface area contributed by atoms with Crippen molar-refractivity contribution in [2.45, 2.75) is 11.7 Å². The number of nitrogens with one attached hydrogen (secondary N) is 1. The van der Waals surface area contributed by atoms with Gasteiger partial charge in [-0.25, -0.2) is 0 Å². The monoisotopic (exact) mass is 247 g/mol. The van der Waals surface area contributed by atoms with Crippen molar-refractivity contribution in [2.75, 3.05) is 0 Å². The molecule has 17 heavy (non-hydrogen) atoms. The van der Waals surface area contributed by atoms with Crippen molar-refractivity contribution in [3.05, 3.63) is 36.1 Å². The first-order valence-electron chi connectivity index (χ1n) is 5.20. The van der Waals surface area contributed by atoms with E-state index >= 15 is 0 Å². The third-order valence-corrected chi connectivity index (χ3v) is 3.71. The molecule has 1 fully saturated rings. The summed E-state index contributed by atoms with van der Waals surface area (Å²) in [5, 5.41) is 2.67. The number of hydrogen-bond acceptors (Lipinski definition) is 4. The summed E-state index contributed by atoms with van der Waals surface area (Å²) in [5.41, 5.74) is 1.75. The Morgan fingerprint density at radius 2 is 2.18 bits per heavy atom. The first-order chi connectivity index (χ1) is 8.24. The average molecular weight is 247 g/mol. The van der Waals surface area contributed by atoms with Crippen molar-refractivity contribution in [2.24, 2.45) is 0 Å². The fourth-order valence-corrected chi connectivity index (χ4v) is 2.79. The Balaban J connectivity index is 1.92. The maximum absolute atomic E-state index is 11.5. The van der Waals surface area contributed by atoms with E-state index in [1.165, 1.54) is 0 Å². The molecule has 5 heteroatoms. The van der Waals surface area contributed by atoms with E-state index in [-0.39, 0.29) is 16.4 Å². The van der Waals surface area contributed by atoms with E-state index in [0.717, 1.165) is 28.3 Å². The highest BCUT2D eigenvalue weighted by Crippen LogP contribution is 2.27. The summed E-state index contributed by atoms with van der Waals surface area (Å²) in [6.45, 7) is 0. The van der Waals surface area contributed by atoms with E-state index in [2.05, 4.69) is 5.32 Å². The van der Waals surface area contributed by atoms with Gasteiger partial charge in [-0.2, -0.15) is 0 Å². The van der Waals surface area contributed by atoms with Gasteiger partial charge in [-0.3, -0.25) is 14.9 Å². The number of imide groups is 1. The van der Waals surface area contributed by atoms with Gasteiger partial charge in [0.1, 0.15) is 5.58 Å². The van der Waals surface area contributed by atoms with Crippen LogP contribution in [0.3, 0.4) is 0 Å². The summed E-state index contributed by atoms with van der Waals surface area (Å²) < 4.78 is 5.40. The number of carbonyl (C=O) groups is 2. The molecule has 0 spiro atoms. The summed E-state index contributed by atoms with van der Waals surface area (Å²) in [4.78, 5) is 22.6. The molecular formula is C12H9NO3S. The van der Waals surface area contributed by atoms with Crippen LogP contribution in [0.25, 0.3) is 11.0 Å². The van der Waals surface area contributed by atoms with E-state index in [9.17, 15) is 9.59 Å². The van der Waals surface area contributed by atoms with Crippen molar-refractivity contribution in [3.8, 4) is 0 Å². The molecule has 0 saturated carbocycles. The molecule has 1 N–H and O–H groups in total. The SMILES string of the molecule is O=C1NC(=O)C(Cc2cccc3ccoc23)S1. The lowest BCUT2D eigenvalue weighted by atomic mass is 10.1. The Labute approximate surface area is 101 Å². The average Bonchev–Trinajstić information content (AvgIpc) is 2.87. The highest BCUT2D eigenvalue weighted by molar-refractivity contribution is 8.15. The summed E-state index contributed by atoms with van der Waals surface area (Å²) in [5.74, 6) is -0.219. The van der Waals surface area contributed by atoms with Crippen LogP contribution in [0.5, 0.6) is 0 Å². The van der Waals surface area contributed by atoms with Crippen LogP contribution in [0, 0.1) is 0 Å². The quantitative estimate of drug-likeness (QED) is 0.884. The van der Waals surface area contributed by atoms with E-state index in [0.29, 0.717) is 6.42 Å². The first kappa shape index (κ1) is 10.4. The van der Waals surface area contributed by atoms with Crippen LogP contribution in [0.2, 0.25) is 0 Å². The molecule has 86 valence electrons. The minimum absolute atomic E-state index is 0.219. The normalized spacial score (nSPS) is 19.9. The zero-order chi connectivity index (χ0) is 11.8. The first-order valence-corrected chi connectivity index (χ1v) is 6.08. The fourth-order valence-electron chi connectivity index (χ4n) is 1.94. The molecule has 3 rings (SSSR count). The zero-order valence-corrected chi connectivity index (χ0v) is 9.62. The summed E-state index contributed by atoms with van der Waals surface area (Å²) >= 11 is 1.04. The topological polar surface area (TPSA) is 59.3 Å². The van der Waals surface area contributed by atoms with E-state index in [4.69, 9.17) is 4.42 Å². The standard InChI is InChI=1S/C12H9NO3S/c14-11-9(17-12(15)13-11)6-8-3-1-2-7-4-5-16-10(7)8/h1-5,9H,6H2,(H,13,14,15). The Hall–Kier alpha value is -1.75. The van der Waals surface area contributed by atoms with Gasteiger partial charge in [-0.15, -0.1) is 0 Å². The number of carbonyl (C=O) groups excluding carboxylic acids is 2. The largest absolute Gasteiger partial charge is 0.464 e. The minimum Gasteiger partial charge on any atom is -0.464 e. The highest BCUT2D eigenvalue weighted by atomic mass is 32.2. The van der Waals surface area contributed by atoms with Crippen LogP contribution in [-0.4, -0.2) is 16.4 Å². The number of fused-ring (bicyclic) bond motifs is 1. The van der Waals surface area contributed by atoms with Gasteiger partial charge < -0.3 is 4.42 Å². The Bertz CT molecular complexity index is 605. The predicted molar refractivity (Wildman–Crippen MR) is 64.8 cm³/mol. The molecule has 4 nitrogen and oxygen atoms in total. The molecule has 2 aromatic rings. The third kappa shape index (κ3) is 1.82. The number of hydrogen-bond donors (Lipinski definition) is 1. The number of amides is 2. The molecule has 1 aliphatic heterocycles. The second-order valence-corrected chi connectivity index (χ2v) is 5.02. The van der Waals surface area contributed by atoms with E-state index in [1.807, 2.05) is 24.3 Å². The third-order valence-electron chi connectivity index (χ3n) is 2.73. The molecular weight excluding hydrogens is 238 g/mol. The van der Waals surface area contributed by atoms with Gasteiger partial charge in [-0.05, 0) is 18.1 Å². The zero-order valence-electron chi connectivity index (χ0n) is 8.80. The van der Waals surface area contributed by atoms with Gasteiger partial charge in [0.25, 0.3) is 5.24 Å². The molecule has 2 heterocycles. The van der Waals surface area contributed by atoms with Crippen molar-refractivity contribution >= 4 is 33.9 Å². The van der Waals surface area contributed by atoms with Crippen LogP contribution in [0.1, 0.15) is 5.56 Å². The number of rotatable bonds is 2. The van der Waals surface area contributed by atoms with Crippen LogP contribution in [0.4, 0.5) is 4.79 Å². The maximum atomic E-state index is 11.5. The van der Waals surface area contributed by atoms with E-state index in [1.54, 1.807) is 6.26 Å². The van der Waals surface area contributed by atoms with Gasteiger partial charge in [0, 0.05) is 5.39 Å². The van der Waals surface area contributed by atoms with Crippen LogP contribution < -0.4 is 5.32 Å². The van der Waals surface area contributed by atoms with Crippen molar-refractivity contribution in [1.82, 2.24) is 5.32 Å². The van der Waals surface area contributed by atoms with Gasteiger partial charge in [0.15, 0.2) is 0 Å². The smallest absolute Gasteiger partial charge is 0.286 e. The van der Waals surface area contributed by atoms with Crippen molar-refractivity contribution in [3.63, 3.8) is 0 Å². The van der Waals surface area contributed by atoms with Crippen molar-refractivity contribution in [1.29, 1.82) is 0 Å². The Kier molecular flexibility index (Phi) is 2.40. The summed E-state index contributed by atoms with van der Waals surface area (Å²) in [6, 6.07) is 7.68. The molecule has 1 aromatic carbocycles. The molecule has 1 saturated heterocycles.